The normalized spacial score (nSPS) is 13.9. The summed E-state index contributed by atoms with van der Waals surface area (Å²) >= 11 is 0. The van der Waals surface area contributed by atoms with Gasteiger partial charge in [-0.15, -0.1) is 24.0 Å². The number of guanidine groups is 1. The molecule has 1 heterocycles. The minimum atomic E-state index is 0. The second-order valence-electron chi connectivity index (χ2n) is 5.51. The van der Waals surface area contributed by atoms with E-state index in [4.69, 9.17) is 4.74 Å². The molecule has 0 aromatic heterocycles. The third kappa shape index (κ3) is 7.31. The van der Waals surface area contributed by atoms with Gasteiger partial charge in [0.15, 0.2) is 5.96 Å². The van der Waals surface area contributed by atoms with E-state index < -0.39 is 0 Å². The molecule has 2 rings (SSSR count). The average molecular weight is 418 g/mol. The Morgan fingerprint density at radius 1 is 1.27 bits per heavy atom. The van der Waals surface area contributed by atoms with E-state index in [1.807, 2.05) is 12.1 Å². The third-order valence-corrected chi connectivity index (χ3v) is 3.30. The van der Waals surface area contributed by atoms with Crippen LogP contribution in [0.2, 0.25) is 0 Å². The fraction of sp³-hybridized carbons (Fsp3) is 0.562. The summed E-state index contributed by atoms with van der Waals surface area (Å²) in [7, 11) is 4.15. The first-order valence-corrected chi connectivity index (χ1v) is 7.63. The Morgan fingerprint density at radius 3 is 2.68 bits per heavy atom. The molecule has 0 fully saturated rings. The lowest BCUT2D eigenvalue weighted by atomic mass is 10.2. The summed E-state index contributed by atoms with van der Waals surface area (Å²) in [6, 6.07) is 8.25. The fourth-order valence-electron chi connectivity index (χ4n) is 2.11. The standard InChI is InChI=1S/C16H26N4O.HI/c1-20(2)11-4-12-21-15-7-5-14(6-8-15)13-19-16-17-9-3-10-18-16;/h5-8H,3-4,9-13H2,1-2H3,(H2,17,18,19);1H. The average Bonchev–Trinajstić information content (AvgIpc) is 2.51. The molecule has 0 radical (unpaired) electrons. The summed E-state index contributed by atoms with van der Waals surface area (Å²) in [5.74, 6) is 1.84. The quantitative estimate of drug-likeness (QED) is 0.526. The maximum atomic E-state index is 5.72. The first-order chi connectivity index (χ1) is 10.2. The van der Waals surface area contributed by atoms with Crippen LogP contribution in [-0.2, 0) is 6.54 Å². The molecule has 0 amide bonds. The van der Waals surface area contributed by atoms with Gasteiger partial charge in [0.2, 0.25) is 0 Å². The second-order valence-corrected chi connectivity index (χ2v) is 5.51. The predicted molar refractivity (Wildman–Crippen MR) is 102 cm³/mol. The molecular weight excluding hydrogens is 391 g/mol. The Morgan fingerprint density at radius 2 is 2.05 bits per heavy atom. The summed E-state index contributed by atoms with van der Waals surface area (Å²) < 4.78 is 5.72. The van der Waals surface area contributed by atoms with Crippen molar-refractivity contribution < 1.29 is 4.74 Å². The van der Waals surface area contributed by atoms with Crippen LogP contribution in [0.4, 0.5) is 0 Å². The van der Waals surface area contributed by atoms with Crippen LogP contribution in [0.25, 0.3) is 0 Å². The van der Waals surface area contributed by atoms with Crippen LogP contribution in [0.3, 0.4) is 0 Å². The molecule has 1 aromatic rings. The lowest BCUT2D eigenvalue weighted by molar-refractivity contribution is 0.281. The molecule has 0 aliphatic carbocycles. The molecule has 6 heteroatoms. The minimum Gasteiger partial charge on any atom is -0.494 e. The number of benzene rings is 1. The summed E-state index contributed by atoms with van der Waals surface area (Å²) in [6.07, 6.45) is 2.16. The Hall–Kier alpha value is -1.02. The van der Waals surface area contributed by atoms with Crippen LogP contribution in [0.1, 0.15) is 18.4 Å². The molecule has 22 heavy (non-hydrogen) atoms. The first-order valence-electron chi connectivity index (χ1n) is 7.63. The van der Waals surface area contributed by atoms with Gasteiger partial charge in [0.1, 0.15) is 5.75 Å². The summed E-state index contributed by atoms with van der Waals surface area (Å²) in [4.78, 5) is 6.56. The van der Waals surface area contributed by atoms with Crippen LogP contribution in [0, 0.1) is 0 Å². The lowest BCUT2D eigenvalue weighted by Gasteiger charge is -2.16. The van der Waals surface area contributed by atoms with E-state index in [1.165, 1.54) is 5.56 Å². The van der Waals surface area contributed by atoms with E-state index in [0.29, 0.717) is 0 Å². The summed E-state index contributed by atoms with van der Waals surface area (Å²) in [5.41, 5.74) is 1.23. The number of rotatable bonds is 7. The highest BCUT2D eigenvalue weighted by Crippen LogP contribution is 2.12. The lowest BCUT2D eigenvalue weighted by Crippen LogP contribution is -2.40. The molecule has 0 atom stereocenters. The summed E-state index contributed by atoms with van der Waals surface area (Å²) in [5, 5.41) is 6.57. The zero-order valence-electron chi connectivity index (χ0n) is 13.5. The van der Waals surface area contributed by atoms with Gasteiger partial charge < -0.3 is 20.3 Å². The third-order valence-electron chi connectivity index (χ3n) is 3.30. The van der Waals surface area contributed by atoms with E-state index in [-0.39, 0.29) is 24.0 Å². The number of ether oxygens (including phenoxy) is 1. The Balaban J connectivity index is 0.00000242. The maximum absolute atomic E-state index is 5.72. The van der Waals surface area contributed by atoms with Gasteiger partial charge in [-0.2, -0.15) is 0 Å². The number of hydrogen-bond donors (Lipinski definition) is 2. The van der Waals surface area contributed by atoms with Gasteiger partial charge in [0.25, 0.3) is 0 Å². The van der Waals surface area contributed by atoms with Crippen LogP contribution < -0.4 is 15.4 Å². The van der Waals surface area contributed by atoms with Crippen molar-refractivity contribution in [1.82, 2.24) is 15.5 Å². The van der Waals surface area contributed by atoms with E-state index in [9.17, 15) is 0 Å². The Bertz CT molecular complexity index is 448. The van der Waals surface area contributed by atoms with Crippen LogP contribution in [0.5, 0.6) is 5.75 Å². The zero-order chi connectivity index (χ0) is 14.9. The smallest absolute Gasteiger partial charge is 0.191 e. The van der Waals surface area contributed by atoms with Crippen molar-refractivity contribution in [2.45, 2.75) is 19.4 Å². The topological polar surface area (TPSA) is 48.9 Å². The minimum absolute atomic E-state index is 0. The number of nitrogens with one attached hydrogen (secondary N) is 2. The molecule has 5 nitrogen and oxygen atoms in total. The molecule has 0 bridgehead atoms. The molecule has 1 aliphatic rings. The Kier molecular flexibility index (Phi) is 9.22. The number of aliphatic imine (C=N–C) groups is 1. The van der Waals surface area contributed by atoms with Gasteiger partial charge in [-0.05, 0) is 44.6 Å². The molecule has 1 aromatic carbocycles. The molecule has 0 saturated heterocycles. The predicted octanol–water partition coefficient (Wildman–Crippen LogP) is 2.07. The van der Waals surface area contributed by atoms with Crippen LogP contribution in [0.15, 0.2) is 29.3 Å². The van der Waals surface area contributed by atoms with Gasteiger partial charge in [-0.3, -0.25) is 4.99 Å². The van der Waals surface area contributed by atoms with Crippen molar-refractivity contribution in [3.05, 3.63) is 29.8 Å². The highest BCUT2D eigenvalue weighted by Gasteiger charge is 2.03. The van der Waals surface area contributed by atoms with Gasteiger partial charge in [0, 0.05) is 26.2 Å². The van der Waals surface area contributed by atoms with Crippen molar-refractivity contribution in [1.29, 1.82) is 0 Å². The molecule has 0 spiro atoms. The monoisotopic (exact) mass is 418 g/mol. The van der Waals surface area contributed by atoms with E-state index in [0.717, 1.165) is 57.3 Å². The van der Waals surface area contributed by atoms with E-state index in [1.54, 1.807) is 0 Å². The van der Waals surface area contributed by atoms with Crippen LogP contribution >= 0.6 is 24.0 Å². The highest BCUT2D eigenvalue weighted by atomic mass is 127. The van der Waals surface area contributed by atoms with Crippen molar-refractivity contribution in [2.75, 3.05) is 40.3 Å². The van der Waals surface area contributed by atoms with E-state index >= 15 is 0 Å². The van der Waals surface area contributed by atoms with Crippen molar-refractivity contribution in [3.8, 4) is 5.75 Å². The van der Waals surface area contributed by atoms with Crippen molar-refractivity contribution in [3.63, 3.8) is 0 Å². The van der Waals surface area contributed by atoms with Gasteiger partial charge in [-0.1, -0.05) is 12.1 Å². The number of halogens is 1. The first kappa shape index (κ1) is 19.0. The van der Waals surface area contributed by atoms with Crippen molar-refractivity contribution in [2.24, 2.45) is 4.99 Å². The fourth-order valence-corrected chi connectivity index (χ4v) is 2.11. The summed E-state index contributed by atoms with van der Waals surface area (Å²) in [6.45, 7) is 4.51. The zero-order valence-corrected chi connectivity index (χ0v) is 15.8. The van der Waals surface area contributed by atoms with Crippen molar-refractivity contribution >= 4 is 29.9 Å². The molecule has 124 valence electrons. The van der Waals surface area contributed by atoms with Gasteiger partial charge >= 0.3 is 0 Å². The second kappa shape index (κ2) is 10.7. The molecular formula is C16H27IN4O. The maximum Gasteiger partial charge on any atom is 0.191 e. The highest BCUT2D eigenvalue weighted by molar-refractivity contribution is 14.0. The largest absolute Gasteiger partial charge is 0.494 e. The van der Waals surface area contributed by atoms with Gasteiger partial charge in [0.05, 0.1) is 6.61 Å². The number of hydrogen-bond acceptors (Lipinski definition) is 5. The molecule has 0 saturated carbocycles. The van der Waals surface area contributed by atoms with Gasteiger partial charge in [-0.25, -0.2) is 0 Å². The number of nitrogens with zero attached hydrogens (tertiary/aromatic N) is 2. The molecule has 2 N–H and O–H groups in total. The molecule has 0 unspecified atom stereocenters. The molecule has 1 aliphatic heterocycles. The SMILES string of the molecule is CN(C)CCCOc1ccc(CNC2=NCCCN2)cc1.I. The van der Waals surface area contributed by atoms with Crippen LogP contribution in [-0.4, -0.2) is 51.2 Å². The Labute approximate surface area is 150 Å². The van der Waals surface area contributed by atoms with E-state index in [2.05, 4.69) is 46.8 Å².